The van der Waals surface area contributed by atoms with Crippen LogP contribution in [0.15, 0.2) is 29.1 Å². The van der Waals surface area contributed by atoms with Gasteiger partial charge in [-0.1, -0.05) is 18.2 Å². The van der Waals surface area contributed by atoms with Gasteiger partial charge in [0.25, 0.3) is 5.56 Å². The van der Waals surface area contributed by atoms with E-state index < -0.39 is 17.3 Å². The Kier molecular flexibility index (Phi) is 6.63. The van der Waals surface area contributed by atoms with Gasteiger partial charge in [-0.25, -0.2) is 0 Å². The summed E-state index contributed by atoms with van der Waals surface area (Å²) in [6, 6.07) is 4.80. The van der Waals surface area contributed by atoms with Gasteiger partial charge in [-0.15, -0.1) is 10.2 Å². The highest BCUT2D eigenvalue weighted by molar-refractivity contribution is 5.76. The van der Waals surface area contributed by atoms with Gasteiger partial charge in [0.05, 0.1) is 11.7 Å². The predicted octanol–water partition coefficient (Wildman–Crippen LogP) is 2.00. The molecule has 0 saturated carbocycles. The number of alkyl halides is 3. The maximum absolute atomic E-state index is 12.8. The second kappa shape index (κ2) is 9.17. The van der Waals surface area contributed by atoms with Gasteiger partial charge in [-0.3, -0.25) is 9.59 Å². The topological polar surface area (TPSA) is 97.0 Å². The molecule has 1 atom stereocenters. The highest BCUT2D eigenvalue weighted by Crippen LogP contribution is 2.29. The predicted molar refractivity (Wildman–Crippen MR) is 97.2 cm³/mol. The number of aromatic nitrogens is 3. The number of nitrogens with zero attached hydrogens (tertiary/aromatic N) is 2. The first kappa shape index (κ1) is 21.0. The number of aromatic amines is 1. The Labute approximate surface area is 164 Å². The van der Waals surface area contributed by atoms with Crippen molar-refractivity contribution in [3.8, 4) is 0 Å². The second-order valence-electron chi connectivity index (χ2n) is 6.86. The number of ether oxygens (including phenoxy) is 1. The number of benzene rings is 1. The van der Waals surface area contributed by atoms with E-state index in [0.29, 0.717) is 18.7 Å². The van der Waals surface area contributed by atoms with E-state index in [4.69, 9.17) is 4.74 Å². The van der Waals surface area contributed by atoms with Crippen molar-refractivity contribution < 1.29 is 22.7 Å². The first-order valence-electron chi connectivity index (χ1n) is 9.30. The lowest BCUT2D eigenvalue weighted by atomic mass is 10.1. The van der Waals surface area contributed by atoms with Crippen molar-refractivity contribution in [3.63, 3.8) is 0 Å². The summed E-state index contributed by atoms with van der Waals surface area (Å²) in [6.07, 6.45) is -2.30. The van der Waals surface area contributed by atoms with Gasteiger partial charge in [0, 0.05) is 32.4 Å². The van der Waals surface area contributed by atoms with Crippen molar-refractivity contribution in [1.82, 2.24) is 20.5 Å². The minimum Gasteiger partial charge on any atom is -0.376 e. The van der Waals surface area contributed by atoms with Crippen molar-refractivity contribution in [2.75, 3.05) is 13.2 Å². The van der Waals surface area contributed by atoms with E-state index in [9.17, 15) is 22.8 Å². The Bertz CT molecular complexity index is 908. The second-order valence-corrected chi connectivity index (χ2v) is 6.86. The van der Waals surface area contributed by atoms with E-state index in [1.165, 1.54) is 12.1 Å². The first-order chi connectivity index (χ1) is 13.8. The Morgan fingerprint density at radius 2 is 2.14 bits per heavy atom. The van der Waals surface area contributed by atoms with Crippen molar-refractivity contribution in [2.45, 2.75) is 44.4 Å². The molecule has 29 heavy (non-hydrogen) atoms. The summed E-state index contributed by atoms with van der Waals surface area (Å²) in [7, 11) is 0. The van der Waals surface area contributed by atoms with Gasteiger partial charge >= 0.3 is 6.18 Å². The van der Waals surface area contributed by atoms with Gasteiger partial charge in [-0.05, 0) is 24.5 Å². The van der Waals surface area contributed by atoms with E-state index in [1.807, 2.05) is 0 Å². The zero-order valence-corrected chi connectivity index (χ0v) is 15.6. The zero-order chi connectivity index (χ0) is 20.9. The summed E-state index contributed by atoms with van der Waals surface area (Å²) >= 11 is 0. The lowest BCUT2D eigenvalue weighted by Gasteiger charge is -2.10. The van der Waals surface area contributed by atoms with Crippen LogP contribution in [0.2, 0.25) is 0 Å². The summed E-state index contributed by atoms with van der Waals surface area (Å²) in [6.45, 7) is 1.15. The molecular formula is C19H21F3N4O3. The fourth-order valence-corrected chi connectivity index (χ4v) is 3.04. The van der Waals surface area contributed by atoms with Gasteiger partial charge in [-0.2, -0.15) is 13.2 Å². The number of H-pyrrole nitrogens is 1. The Balaban J connectivity index is 1.54. The number of aryl methyl sites for hydroxylation is 1. The molecule has 1 saturated heterocycles. The molecule has 1 unspecified atom stereocenters. The van der Waals surface area contributed by atoms with E-state index >= 15 is 0 Å². The summed E-state index contributed by atoms with van der Waals surface area (Å²) in [5, 5.41) is 10.5. The maximum atomic E-state index is 12.8. The van der Waals surface area contributed by atoms with E-state index in [1.54, 1.807) is 0 Å². The van der Waals surface area contributed by atoms with Crippen LogP contribution >= 0.6 is 0 Å². The molecule has 1 fully saturated rings. The molecule has 1 amide bonds. The molecule has 0 spiro atoms. The number of carbonyl (C=O) groups excluding carboxylic acids is 1. The number of nitrogens with one attached hydrogen (secondary N) is 2. The minimum absolute atomic E-state index is 0.00825. The van der Waals surface area contributed by atoms with E-state index in [-0.39, 0.29) is 42.8 Å². The third-order valence-electron chi connectivity index (χ3n) is 4.58. The van der Waals surface area contributed by atoms with Crippen LogP contribution in [0.25, 0.3) is 0 Å². The summed E-state index contributed by atoms with van der Waals surface area (Å²) < 4.78 is 43.8. The van der Waals surface area contributed by atoms with E-state index in [0.717, 1.165) is 25.0 Å². The summed E-state index contributed by atoms with van der Waals surface area (Å²) in [5.74, 6) is -0.0596. The van der Waals surface area contributed by atoms with Crippen LogP contribution in [-0.2, 0) is 28.5 Å². The maximum Gasteiger partial charge on any atom is 0.416 e. The molecule has 7 nitrogen and oxygen atoms in total. The molecule has 1 aliphatic heterocycles. The molecule has 1 aromatic heterocycles. The van der Waals surface area contributed by atoms with Gasteiger partial charge in [0.2, 0.25) is 5.91 Å². The fraction of sp³-hybridized carbons (Fsp3) is 0.474. The first-order valence-corrected chi connectivity index (χ1v) is 9.30. The lowest BCUT2D eigenvalue weighted by Crippen LogP contribution is -2.32. The third-order valence-corrected chi connectivity index (χ3v) is 4.58. The molecule has 1 aliphatic rings. The van der Waals surface area contributed by atoms with Crippen LogP contribution in [0.1, 0.15) is 41.9 Å². The molecule has 0 radical (unpaired) electrons. The van der Waals surface area contributed by atoms with Gasteiger partial charge in [0.1, 0.15) is 11.5 Å². The van der Waals surface area contributed by atoms with Gasteiger partial charge in [0.15, 0.2) is 0 Å². The Morgan fingerprint density at radius 3 is 2.83 bits per heavy atom. The van der Waals surface area contributed by atoms with Crippen LogP contribution < -0.4 is 10.9 Å². The smallest absolute Gasteiger partial charge is 0.376 e. The van der Waals surface area contributed by atoms with E-state index in [2.05, 4.69) is 20.5 Å². The molecule has 3 rings (SSSR count). The molecule has 2 aromatic rings. The normalized spacial score (nSPS) is 16.7. The highest BCUT2D eigenvalue weighted by Gasteiger charge is 2.30. The fourth-order valence-electron chi connectivity index (χ4n) is 3.04. The number of amides is 1. The Hall–Kier alpha value is -2.75. The molecule has 10 heteroatoms. The molecule has 1 aromatic carbocycles. The molecule has 0 bridgehead atoms. The Morgan fingerprint density at radius 1 is 1.31 bits per heavy atom. The zero-order valence-electron chi connectivity index (χ0n) is 15.6. The number of rotatable bonds is 7. The SMILES string of the molecule is O=C(CCc1nnc(Cc2cccc(C(F)(F)F)c2)[nH]c1=O)NCC1CCCO1. The summed E-state index contributed by atoms with van der Waals surface area (Å²) in [5.41, 5.74) is -0.819. The van der Waals surface area contributed by atoms with Crippen molar-refractivity contribution in [2.24, 2.45) is 0 Å². The van der Waals surface area contributed by atoms with Crippen LogP contribution in [0.5, 0.6) is 0 Å². The number of hydrogen-bond acceptors (Lipinski definition) is 5. The quantitative estimate of drug-likeness (QED) is 0.728. The monoisotopic (exact) mass is 410 g/mol. The van der Waals surface area contributed by atoms with Gasteiger partial charge < -0.3 is 15.0 Å². The van der Waals surface area contributed by atoms with Crippen molar-refractivity contribution in [3.05, 3.63) is 57.3 Å². The molecular weight excluding hydrogens is 389 g/mol. The molecule has 2 N–H and O–H groups in total. The summed E-state index contributed by atoms with van der Waals surface area (Å²) in [4.78, 5) is 26.6. The average molecular weight is 410 g/mol. The van der Waals surface area contributed by atoms with Crippen LogP contribution in [0, 0.1) is 0 Å². The molecule has 2 heterocycles. The number of halogens is 3. The van der Waals surface area contributed by atoms with Crippen LogP contribution in [-0.4, -0.2) is 40.3 Å². The lowest BCUT2D eigenvalue weighted by molar-refractivity contribution is -0.137. The van der Waals surface area contributed by atoms with Crippen LogP contribution in [0.3, 0.4) is 0 Å². The minimum atomic E-state index is -4.44. The highest BCUT2D eigenvalue weighted by atomic mass is 19.4. The standard InChI is InChI=1S/C19H21F3N4O3/c20-19(21,22)13-4-1-3-12(9-13)10-16-24-18(28)15(25-26-16)6-7-17(27)23-11-14-5-2-8-29-14/h1,3-4,9,14H,2,5-8,10-11H2,(H,23,27)(H,24,26,28). The largest absolute Gasteiger partial charge is 0.416 e. The molecule has 156 valence electrons. The number of carbonyl (C=O) groups is 1. The number of hydrogen-bond donors (Lipinski definition) is 2. The van der Waals surface area contributed by atoms with Crippen molar-refractivity contribution in [1.29, 1.82) is 0 Å². The molecule has 0 aliphatic carbocycles. The van der Waals surface area contributed by atoms with Crippen molar-refractivity contribution >= 4 is 5.91 Å². The third kappa shape index (κ3) is 6.11. The average Bonchev–Trinajstić information content (AvgIpc) is 3.19. The van der Waals surface area contributed by atoms with Crippen LogP contribution in [0.4, 0.5) is 13.2 Å².